The van der Waals surface area contributed by atoms with E-state index < -0.39 is 0 Å². The highest BCUT2D eigenvalue weighted by atomic mass is 35.5. The van der Waals surface area contributed by atoms with Gasteiger partial charge in [0.1, 0.15) is 11.5 Å². The minimum absolute atomic E-state index is 0. The van der Waals surface area contributed by atoms with Crippen LogP contribution in [0, 0.1) is 11.8 Å². The second-order valence-corrected chi connectivity index (χ2v) is 7.36. The minimum atomic E-state index is 0. The molecule has 1 N–H and O–H groups in total. The molecule has 1 saturated heterocycles. The summed E-state index contributed by atoms with van der Waals surface area (Å²) in [6.07, 6.45) is 6.84. The summed E-state index contributed by atoms with van der Waals surface area (Å²) >= 11 is 0. The Balaban J connectivity index is 0.00000225. The number of hydrogen-bond acceptors (Lipinski definition) is 4. The van der Waals surface area contributed by atoms with Crippen molar-refractivity contribution in [3.05, 3.63) is 23.8 Å². The molecule has 1 aliphatic heterocycles. The smallest absolute Gasteiger partial charge is 0.127 e. The quantitative estimate of drug-likeness (QED) is 0.758. The maximum atomic E-state index is 5.61. The van der Waals surface area contributed by atoms with Gasteiger partial charge in [0.15, 0.2) is 0 Å². The highest BCUT2D eigenvalue weighted by molar-refractivity contribution is 5.85. The Morgan fingerprint density at radius 2 is 1.68 bits per heavy atom. The Kier molecular flexibility index (Phi) is 8.34. The number of ether oxygens (including phenoxy) is 2. The first-order valence-electron chi connectivity index (χ1n) is 9.42. The lowest BCUT2D eigenvalue weighted by Crippen LogP contribution is -2.39. The predicted molar refractivity (Wildman–Crippen MR) is 105 cm³/mol. The van der Waals surface area contributed by atoms with Crippen molar-refractivity contribution in [3.8, 4) is 11.5 Å². The lowest BCUT2D eigenvalue weighted by Gasteiger charge is -2.35. The van der Waals surface area contributed by atoms with Crippen molar-refractivity contribution in [2.45, 2.75) is 38.6 Å². The third-order valence-corrected chi connectivity index (χ3v) is 5.60. The van der Waals surface area contributed by atoms with Gasteiger partial charge < -0.3 is 14.8 Å². The number of nitrogens with zero attached hydrogens (tertiary/aromatic N) is 1. The van der Waals surface area contributed by atoms with Gasteiger partial charge in [-0.2, -0.15) is 0 Å². The van der Waals surface area contributed by atoms with Crippen LogP contribution in [0.2, 0.25) is 0 Å². The van der Waals surface area contributed by atoms with Crippen molar-refractivity contribution < 1.29 is 9.47 Å². The predicted octanol–water partition coefficient (Wildman–Crippen LogP) is 3.73. The van der Waals surface area contributed by atoms with Gasteiger partial charge >= 0.3 is 0 Å². The number of methoxy groups -OCH3 is 2. The van der Waals surface area contributed by atoms with Crippen molar-refractivity contribution in [2.75, 3.05) is 40.4 Å². The van der Waals surface area contributed by atoms with E-state index in [-0.39, 0.29) is 12.4 Å². The number of benzene rings is 1. The van der Waals surface area contributed by atoms with Gasteiger partial charge in [-0.25, -0.2) is 0 Å². The molecule has 0 bridgehead atoms. The molecule has 1 aromatic carbocycles. The van der Waals surface area contributed by atoms with Crippen LogP contribution in [-0.2, 0) is 6.54 Å². The van der Waals surface area contributed by atoms with E-state index >= 15 is 0 Å². The first-order chi connectivity index (χ1) is 11.8. The summed E-state index contributed by atoms with van der Waals surface area (Å²) in [5.41, 5.74) is 1.27. The first kappa shape index (κ1) is 20.3. The Bertz CT molecular complexity index is 516. The number of rotatable bonds is 8. The maximum Gasteiger partial charge on any atom is 0.127 e. The average molecular weight is 369 g/mol. The lowest BCUT2D eigenvalue weighted by atomic mass is 9.84. The molecule has 0 radical (unpaired) electrons. The molecule has 0 amide bonds. The summed E-state index contributed by atoms with van der Waals surface area (Å²) in [5, 5.41) is 3.48. The highest BCUT2D eigenvalue weighted by Gasteiger charge is 2.24. The number of nitrogens with one attached hydrogen (secondary N) is 1. The van der Waals surface area contributed by atoms with E-state index in [1.54, 1.807) is 14.2 Å². The lowest BCUT2D eigenvalue weighted by molar-refractivity contribution is 0.139. The monoisotopic (exact) mass is 368 g/mol. The fourth-order valence-electron chi connectivity index (χ4n) is 3.90. The largest absolute Gasteiger partial charge is 0.497 e. The van der Waals surface area contributed by atoms with Crippen LogP contribution in [-0.4, -0.2) is 45.3 Å². The third-order valence-electron chi connectivity index (χ3n) is 5.60. The molecule has 25 heavy (non-hydrogen) atoms. The first-order valence-corrected chi connectivity index (χ1v) is 9.42. The fourth-order valence-corrected chi connectivity index (χ4v) is 3.90. The standard InChI is InChI=1S/C20H32N2O2.ClH/c1-23-19-7-6-18(20(12-19)24-2)15-22(13-16-4-3-5-16)14-17-8-10-21-11-9-17;/h6-7,12,16-17,21H,3-5,8-11,13-15H2,1-2H3;1H. The van der Waals surface area contributed by atoms with Gasteiger partial charge in [0.2, 0.25) is 0 Å². The van der Waals surface area contributed by atoms with E-state index in [1.165, 1.54) is 63.8 Å². The van der Waals surface area contributed by atoms with Crippen LogP contribution in [0.15, 0.2) is 18.2 Å². The molecule has 4 nitrogen and oxygen atoms in total. The second kappa shape index (κ2) is 10.2. The summed E-state index contributed by atoms with van der Waals surface area (Å²) in [6.45, 7) is 5.78. The van der Waals surface area contributed by atoms with Crippen LogP contribution < -0.4 is 14.8 Å². The summed E-state index contributed by atoms with van der Waals surface area (Å²) in [6, 6.07) is 6.21. The van der Waals surface area contributed by atoms with Crippen LogP contribution in [0.25, 0.3) is 0 Å². The molecule has 1 aromatic rings. The number of piperidine rings is 1. The van der Waals surface area contributed by atoms with Crippen LogP contribution in [0.3, 0.4) is 0 Å². The van der Waals surface area contributed by atoms with Crippen LogP contribution in [0.4, 0.5) is 0 Å². The molecular weight excluding hydrogens is 336 g/mol. The van der Waals surface area contributed by atoms with Crippen molar-refractivity contribution >= 4 is 12.4 Å². The van der Waals surface area contributed by atoms with Crippen LogP contribution in [0.5, 0.6) is 11.5 Å². The molecule has 142 valence electrons. The van der Waals surface area contributed by atoms with Crippen LogP contribution >= 0.6 is 12.4 Å². The molecule has 5 heteroatoms. The number of hydrogen-bond donors (Lipinski definition) is 1. The molecule has 0 spiro atoms. The molecular formula is C20H33ClN2O2. The molecule has 3 rings (SSSR count). The van der Waals surface area contributed by atoms with E-state index in [4.69, 9.17) is 9.47 Å². The topological polar surface area (TPSA) is 33.7 Å². The van der Waals surface area contributed by atoms with E-state index in [1.807, 2.05) is 12.1 Å². The molecule has 2 fully saturated rings. The van der Waals surface area contributed by atoms with Gasteiger partial charge in [0.25, 0.3) is 0 Å². The third kappa shape index (κ3) is 5.77. The highest BCUT2D eigenvalue weighted by Crippen LogP contribution is 2.30. The van der Waals surface area contributed by atoms with E-state index in [9.17, 15) is 0 Å². The van der Waals surface area contributed by atoms with Crippen molar-refractivity contribution in [2.24, 2.45) is 11.8 Å². The molecule has 0 atom stereocenters. The van der Waals surface area contributed by atoms with Crippen LogP contribution in [0.1, 0.15) is 37.7 Å². The normalized spacial score (nSPS) is 18.5. The molecule has 1 aliphatic carbocycles. The van der Waals surface area contributed by atoms with Gasteiger partial charge in [-0.05, 0) is 56.7 Å². The Labute approximate surface area is 158 Å². The van der Waals surface area contributed by atoms with Crippen molar-refractivity contribution in [1.29, 1.82) is 0 Å². The summed E-state index contributed by atoms with van der Waals surface area (Å²) in [5.74, 6) is 3.53. The summed E-state index contributed by atoms with van der Waals surface area (Å²) in [7, 11) is 3.45. The summed E-state index contributed by atoms with van der Waals surface area (Å²) in [4.78, 5) is 2.67. The van der Waals surface area contributed by atoms with Crippen molar-refractivity contribution in [1.82, 2.24) is 10.2 Å². The van der Waals surface area contributed by atoms with E-state index in [0.717, 1.165) is 29.9 Å². The molecule has 1 saturated carbocycles. The van der Waals surface area contributed by atoms with Gasteiger partial charge in [-0.15, -0.1) is 12.4 Å². The molecule has 1 heterocycles. The fraction of sp³-hybridized carbons (Fsp3) is 0.700. The Hall–Kier alpha value is -0.970. The summed E-state index contributed by atoms with van der Waals surface area (Å²) < 4.78 is 10.9. The molecule has 0 unspecified atom stereocenters. The minimum Gasteiger partial charge on any atom is -0.497 e. The van der Waals surface area contributed by atoms with Gasteiger partial charge in [-0.1, -0.05) is 12.5 Å². The van der Waals surface area contributed by atoms with Gasteiger partial charge in [-0.3, -0.25) is 4.90 Å². The van der Waals surface area contributed by atoms with Gasteiger partial charge in [0.05, 0.1) is 14.2 Å². The van der Waals surface area contributed by atoms with Gasteiger partial charge in [0, 0.05) is 31.3 Å². The molecule has 0 aromatic heterocycles. The Morgan fingerprint density at radius 3 is 2.24 bits per heavy atom. The Morgan fingerprint density at radius 1 is 1.00 bits per heavy atom. The zero-order valence-electron chi connectivity index (χ0n) is 15.6. The van der Waals surface area contributed by atoms with E-state index in [0.29, 0.717) is 0 Å². The maximum absolute atomic E-state index is 5.61. The van der Waals surface area contributed by atoms with Crippen molar-refractivity contribution in [3.63, 3.8) is 0 Å². The number of halogens is 1. The second-order valence-electron chi connectivity index (χ2n) is 7.36. The zero-order valence-corrected chi connectivity index (χ0v) is 16.4. The van der Waals surface area contributed by atoms with E-state index in [2.05, 4.69) is 16.3 Å². The molecule has 2 aliphatic rings. The average Bonchev–Trinajstić information content (AvgIpc) is 2.59. The SMILES string of the molecule is COc1ccc(CN(CC2CCC2)CC2CCNCC2)c(OC)c1.Cl. The zero-order chi connectivity index (χ0) is 16.8.